The zero-order chi connectivity index (χ0) is 13.6. The van der Waals surface area contributed by atoms with Crippen LogP contribution in [0.5, 0.6) is 0 Å². The number of rotatable bonds is 6. The lowest BCUT2D eigenvalue weighted by atomic mass is 9.23. The maximum atomic E-state index is 9.88. The first kappa shape index (κ1) is 15.5. The van der Waals surface area contributed by atoms with Crippen molar-refractivity contribution in [1.29, 1.82) is 0 Å². The number of hydrogen-bond donors (Lipinski definition) is 2. The third-order valence-electron chi connectivity index (χ3n) is 5.67. The summed E-state index contributed by atoms with van der Waals surface area (Å²) < 4.78 is 0. The summed E-state index contributed by atoms with van der Waals surface area (Å²) >= 11 is 24.2. The van der Waals surface area contributed by atoms with E-state index >= 15 is 0 Å². The standard InChI is InChI=1S/C12H18Cl4O2/c13-1-7-8(2-14)12(6-18)10(4-16)9(3-15)11(7,12)5-17/h7-10,17-18H,1-6H2/t7-,8-,9-,10-,11?,12?/m0/s1. The molecule has 2 aliphatic rings. The zero-order valence-electron chi connectivity index (χ0n) is 9.96. The first-order valence-corrected chi connectivity index (χ1v) is 8.25. The second-order valence-corrected chi connectivity index (χ2v) is 6.67. The fourth-order valence-electron chi connectivity index (χ4n) is 4.92. The van der Waals surface area contributed by atoms with Crippen LogP contribution in [0.3, 0.4) is 0 Å². The van der Waals surface area contributed by atoms with E-state index in [1.807, 2.05) is 0 Å². The van der Waals surface area contributed by atoms with Crippen molar-refractivity contribution in [1.82, 2.24) is 0 Å². The van der Waals surface area contributed by atoms with Gasteiger partial charge in [0.1, 0.15) is 0 Å². The SMILES string of the molecule is OCC12[C@@H](CCl)[C@H](CCl)C1(CO)[C@@H](CCl)[C@@H]2CCl. The fourth-order valence-corrected chi connectivity index (χ4v) is 6.88. The summed E-state index contributed by atoms with van der Waals surface area (Å²) in [6.07, 6.45) is 0. The molecule has 2 rings (SSSR count). The molecule has 0 aromatic rings. The van der Waals surface area contributed by atoms with Crippen molar-refractivity contribution in [3.63, 3.8) is 0 Å². The molecule has 18 heavy (non-hydrogen) atoms. The molecule has 0 amide bonds. The number of hydrogen-bond acceptors (Lipinski definition) is 2. The molecule has 0 heterocycles. The largest absolute Gasteiger partial charge is 0.396 e. The minimum Gasteiger partial charge on any atom is -0.396 e. The average Bonchev–Trinajstić information content (AvgIpc) is 2.39. The fraction of sp³-hybridized carbons (Fsp3) is 1.00. The molecule has 0 spiro atoms. The van der Waals surface area contributed by atoms with Gasteiger partial charge in [-0.2, -0.15) is 0 Å². The number of fused-ring (bicyclic) bond motifs is 1. The van der Waals surface area contributed by atoms with E-state index < -0.39 is 10.8 Å². The van der Waals surface area contributed by atoms with Crippen LogP contribution in [0.25, 0.3) is 0 Å². The van der Waals surface area contributed by atoms with Crippen LogP contribution in [0.15, 0.2) is 0 Å². The minimum atomic E-state index is -0.398. The van der Waals surface area contributed by atoms with Gasteiger partial charge in [0.05, 0.1) is 0 Å². The lowest BCUT2D eigenvalue weighted by Crippen LogP contribution is -2.85. The van der Waals surface area contributed by atoms with E-state index in [2.05, 4.69) is 0 Å². The third-order valence-corrected chi connectivity index (χ3v) is 7.00. The zero-order valence-corrected chi connectivity index (χ0v) is 13.0. The molecular formula is C12H18Cl4O2. The molecule has 0 aromatic carbocycles. The summed E-state index contributed by atoms with van der Waals surface area (Å²) in [7, 11) is 0. The smallest absolute Gasteiger partial charge is 0.0500 e. The van der Waals surface area contributed by atoms with Gasteiger partial charge in [-0.3, -0.25) is 0 Å². The van der Waals surface area contributed by atoms with E-state index in [0.29, 0.717) is 23.5 Å². The quantitative estimate of drug-likeness (QED) is 0.732. The van der Waals surface area contributed by atoms with E-state index in [-0.39, 0.29) is 36.9 Å². The maximum Gasteiger partial charge on any atom is 0.0500 e. The molecule has 2 fully saturated rings. The van der Waals surface area contributed by atoms with Crippen LogP contribution in [-0.4, -0.2) is 46.9 Å². The highest BCUT2D eigenvalue weighted by Gasteiger charge is 2.83. The summed E-state index contributed by atoms with van der Waals surface area (Å²) in [6.45, 7) is -0.0216. The Morgan fingerprint density at radius 2 is 0.833 bits per heavy atom. The van der Waals surface area contributed by atoms with Gasteiger partial charge in [0.25, 0.3) is 0 Å². The summed E-state index contributed by atoms with van der Waals surface area (Å²) in [5, 5.41) is 19.8. The van der Waals surface area contributed by atoms with E-state index in [1.165, 1.54) is 0 Å². The molecule has 6 heteroatoms. The van der Waals surface area contributed by atoms with Crippen molar-refractivity contribution in [3.05, 3.63) is 0 Å². The van der Waals surface area contributed by atoms with Crippen LogP contribution in [0.1, 0.15) is 0 Å². The van der Waals surface area contributed by atoms with Gasteiger partial charge >= 0.3 is 0 Å². The van der Waals surface area contributed by atoms with Crippen LogP contribution < -0.4 is 0 Å². The number of alkyl halides is 4. The van der Waals surface area contributed by atoms with Gasteiger partial charge < -0.3 is 10.2 Å². The first-order chi connectivity index (χ1) is 8.65. The first-order valence-electron chi connectivity index (χ1n) is 6.11. The Hall–Kier alpha value is 1.08. The molecule has 0 aromatic heterocycles. The molecule has 2 N–H and O–H groups in total. The molecule has 2 saturated carbocycles. The summed E-state index contributed by atoms with van der Waals surface area (Å²) in [6, 6.07) is 0. The number of aliphatic hydroxyl groups excluding tert-OH is 2. The van der Waals surface area contributed by atoms with E-state index in [1.54, 1.807) is 0 Å². The highest BCUT2D eigenvalue weighted by Crippen LogP contribution is 2.81. The topological polar surface area (TPSA) is 40.5 Å². The predicted molar refractivity (Wildman–Crippen MR) is 75.9 cm³/mol. The second kappa shape index (κ2) is 5.46. The number of halogens is 4. The van der Waals surface area contributed by atoms with Gasteiger partial charge in [0, 0.05) is 47.6 Å². The highest BCUT2D eigenvalue weighted by atomic mass is 35.5. The van der Waals surface area contributed by atoms with Gasteiger partial charge in [-0.25, -0.2) is 0 Å². The molecule has 2 nitrogen and oxygen atoms in total. The van der Waals surface area contributed by atoms with Crippen LogP contribution in [-0.2, 0) is 0 Å². The van der Waals surface area contributed by atoms with Crippen molar-refractivity contribution < 1.29 is 10.2 Å². The second-order valence-electron chi connectivity index (χ2n) is 5.44. The van der Waals surface area contributed by atoms with E-state index in [9.17, 15) is 10.2 Å². The van der Waals surface area contributed by atoms with Crippen molar-refractivity contribution in [2.45, 2.75) is 0 Å². The van der Waals surface area contributed by atoms with Crippen LogP contribution >= 0.6 is 46.4 Å². The van der Waals surface area contributed by atoms with Crippen LogP contribution in [0.4, 0.5) is 0 Å². The molecule has 0 aliphatic heterocycles. The minimum absolute atomic E-state index is 0.0108. The highest BCUT2D eigenvalue weighted by molar-refractivity contribution is 6.20. The molecule has 0 bridgehead atoms. The number of aliphatic hydroxyl groups is 2. The third kappa shape index (κ3) is 1.40. The van der Waals surface area contributed by atoms with E-state index in [4.69, 9.17) is 46.4 Å². The lowest BCUT2D eigenvalue weighted by molar-refractivity contribution is -0.368. The summed E-state index contributed by atoms with van der Waals surface area (Å²) in [4.78, 5) is 0. The van der Waals surface area contributed by atoms with Crippen molar-refractivity contribution in [2.24, 2.45) is 34.5 Å². The molecule has 106 valence electrons. The summed E-state index contributed by atoms with van der Waals surface area (Å²) in [5.74, 6) is 2.16. The Bertz CT molecular complexity index is 262. The summed E-state index contributed by atoms with van der Waals surface area (Å²) in [5.41, 5.74) is -0.797. The molecule has 4 atom stereocenters. The lowest BCUT2D eigenvalue weighted by Gasteiger charge is -2.82. The van der Waals surface area contributed by atoms with E-state index in [0.717, 1.165) is 0 Å². The monoisotopic (exact) mass is 334 g/mol. The van der Waals surface area contributed by atoms with Crippen molar-refractivity contribution in [3.8, 4) is 0 Å². The van der Waals surface area contributed by atoms with Gasteiger partial charge in [-0.15, -0.1) is 46.4 Å². The Balaban J connectivity index is 2.41. The van der Waals surface area contributed by atoms with Gasteiger partial charge in [-0.05, 0) is 23.7 Å². The Morgan fingerprint density at radius 3 is 0.944 bits per heavy atom. The van der Waals surface area contributed by atoms with Crippen LogP contribution in [0, 0.1) is 34.5 Å². The predicted octanol–water partition coefficient (Wildman–Crippen LogP) is 2.39. The Labute approximate surface area is 128 Å². The molecule has 0 unspecified atom stereocenters. The average molecular weight is 336 g/mol. The van der Waals surface area contributed by atoms with Gasteiger partial charge in [0.15, 0.2) is 0 Å². The molecule has 2 aliphatic carbocycles. The van der Waals surface area contributed by atoms with Gasteiger partial charge in [-0.1, -0.05) is 0 Å². The Kier molecular flexibility index (Phi) is 4.69. The molecule has 0 radical (unpaired) electrons. The maximum absolute atomic E-state index is 9.88. The Morgan fingerprint density at radius 1 is 0.611 bits per heavy atom. The van der Waals surface area contributed by atoms with Crippen LogP contribution in [0.2, 0.25) is 0 Å². The normalized spacial score (nSPS) is 50.3. The molecular weight excluding hydrogens is 318 g/mol. The van der Waals surface area contributed by atoms with Crippen molar-refractivity contribution in [2.75, 3.05) is 36.7 Å². The van der Waals surface area contributed by atoms with Gasteiger partial charge in [0.2, 0.25) is 0 Å². The van der Waals surface area contributed by atoms with Crippen molar-refractivity contribution >= 4 is 46.4 Å². The molecule has 0 saturated heterocycles.